The minimum atomic E-state index is 0.0829. The molecule has 4 heteroatoms. The maximum atomic E-state index is 6.23. The van der Waals surface area contributed by atoms with Crippen molar-refractivity contribution in [2.24, 2.45) is 11.7 Å². The molecule has 1 fully saturated rings. The van der Waals surface area contributed by atoms with E-state index in [9.17, 15) is 0 Å². The third-order valence-electron chi connectivity index (χ3n) is 3.83. The van der Waals surface area contributed by atoms with Crippen LogP contribution in [-0.4, -0.2) is 37.7 Å². The van der Waals surface area contributed by atoms with E-state index in [0.29, 0.717) is 0 Å². The molecule has 0 spiro atoms. The van der Waals surface area contributed by atoms with E-state index in [1.165, 1.54) is 12.8 Å². The maximum Gasteiger partial charge on any atom is 0.122 e. The number of hydrogen-bond donors (Lipinski definition) is 1. The lowest BCUT2D eigenvalue weighted by molar-refractivity contribution is 0.0814. The number of nitrogens with two attached hydrogens (primary N) is 1. The molecule has 0 aromatic carbocycles. The Balaban J connectivity index is 1.82. The molecule has 4 nitrogen and oxygen atoms in total. The molecular weight excluding hydrogens is 240 g/mol. The van der Waals surface area contributed by atoms with Gasteiger partial charge in [-0.1, -0.05) is 6.92 Å². The Morgan fingerprint density at radius 1 is 1.53 bits per heavy atom. The van der Waals surface area contributed by atoms with Crippen molar-refractivity contribution in [3.05, 3.63) is 24.2 Å². The van der Waals surface area contributed by atoms with Gasteiger partial charge in [0.25, 0.3) is 0 Å². The highest BCUT2D eigenvalue weighted by molar-refractivity contribution is 5.07. The van der Waals surface area contributed by atoms with Crippen LogP contribution in [-0.2, 0) is 4.74 Å². The van der Waals surface area contributed by atoms with Crippen LogP contribution < -0.4 is 5.73 Å². The molecule has 1 aliphatic rings. The average molecular weight is 266 g/mol. The summed E-state index contributed by atoms with van der Waals surface area (Å²) in [6.45, 7) is 4.67. The zero-order valence-electron chi connectivity index (χ0n) is 12.0. The number of ether oxygens (including phenoxy) is 1. The van der Waals surface area contributed by atoms with Crippen molar-refractivity contribution >= 4 is 0 Å². The highest BCUT2D eigenvalue weighted by Gasteiger charge is 2.26. The molecule has 1 aromatic rings. The molecule has 19 heavy (non-hydrogen) atoms. The number of likely N-dealkylation sites (N-methyl/N-ethyl adjacent to an activating group) is 1. The summed E-state index contributed by atoms with van der Waals surface area (Å²) in [6.07, 6.45) is 5.32. The number of furan rings is 1. The lowest BCUT2D eigenvalue weighted by Crippen LogP contribution is -2.40. The number of rotatable bonds is 9. The predicted octanol–water partition coefficient (Wildman–Crippen LogP) is 2.42. The summed E-state index contributed by atoms with van der Waals surface area (Å²) in [5.74, 6) is 1.77. The first-order valence-corrected chi connectivity index (χ1v) is 7.29. The van der Waals surface area contributed by atoms with Crippen LogP contribution in [0, 0.1) is 5.92 Å². The normalized spacial score (nSPS) is 18.7. The van der Waals surface area contributed by atoms with E-state index in [-0.39, 0.29) is 12.1 Å². The van der Waals surface area contributed by atoms with Crippen molar-refractivity contribution in [2.75, 3.05) is 26.8 Å². The van der Waals surface area contributed by atoms with Gasteiger partial charge in [-0.05, 0) is 44.4 Å². The zero-order valence-corrected chi connectivity index (χ0v) is 12.0. The highest BCUT2D eigenvalue weighted by Crippen LogP contribution is 2.29. The second-order valence-corrected chi connectivity index (χ2v) is 5.53. The van der Waals surface area contributed by atoms with Gasteiger partial charge in [0, 0.05) is 19.2 Å². The summed E-state index contributed by atoms with van der Waals surface area (Å²) >= 11 is 0. The number of hydrogen-bond acceptors (Lipinski definition) is 4. The van der Waals surface area contributed by atoms with Crippen LogP contribution in [0.1, 0.15) is 38.0 Å². The third-order valence-corrected chi connectivity index (χ3v) is 3.83. The predicted molar refractivity (Wildman–Crippen MR) is 75.9 cm³/mol. The van der Waals surface area contributed by atoms with Gasteiger partial charge in [-0.25, -0.2) is 0 Å². The van der Waals surface area contributed by atoms with Crippen LogP contribution in [0.15, 0.2) is 22.8 Å². The summed E-state index contributed by atoms with van der Waals surface area (Å²) < 4.78 is 11.2. The molecular formula is C15H26N2O2. The van der Waals surface area contributed by atoms with E-state index in [4.69, 9.17) is 14.9 Å². The Labute approximate surface area is 115 Å². The van der Waals surface area contributed by atoms with Gasteiger partial charge in [0.2, 0.25) is 0 Å². The molecule has 2 rings (SSSR count). The van der Waals surface area contributed by atoms with Crippen LogP contribution in [0.5, 0.6) is 0 Å². The minimum absolute atomic E-state index is 0.0829. The van der Waals surface area contributed by atoms with Gasteiger partial charge in [-0.2, -0.15) is 0 Å². The van der Waals surface area contributed by atoms with Gasteiger partial charge in [0.1, 0.15) is 5.76 Å². The minimum Gasteiger partial charge on any atom is -0.468 e. The molecule has 1 heterocycles. The first-order chi connectivity index (χ1) is 9.22. The van der Waals surface area contributed by atoms with Crippen molar-refractivity contribution in [2.45, 2.75) is 38.3 Å². The molecule has 1 aromatic heterocycles. The average Bonchev–Trinajstić information content (AvgIpc) is 3.09. The van der Waals surface area contributed by atoms with Gasteiger partial charge < -0.3 is 14.9 Å². The van der Waals surface area contributed by atoms with Crippen LogP contribution in [0.4, 0.5) is 0 Å². The van der Waals surface area contributed by atoms with E-state index < -0.39 is 0 Å². The Morgan fingerprint density at radius 3 is 2.89 bits per heavy atom. The van der Waals surface area contributed by atoms with Gasteiger partial charge in [-0.15, -0.1) is 0 Å². The number of nitrogens with zero attached hydrogens (tertiary/aromatic N) is 1. The maximum absolute atomic E-state index is 6.23. The van der Waals surface area contributed by atoms with Crippen molar-refractivity contribution in [3.8, 4) is 0 Å². The topological polar surface area (TPSA) is 51.6 Å². The van der Waals surface area contributed by atoms with Gasteiger partial charge >= 0.3 is 0 Å². The van der Waals surface area contributed by atoms with E-state index >= 15 is 0 Å². The second kappa shape index (κ2) is 7.08. The molecule has 0 aliphatic heterocycles. The second-order valence-electron chi connectivity index (χ2n) is 5.53. The SMILES string of the molecule is CCC(N)C(c1ccco1)N(C)CCOCC1CC1. The summed E-state index contributed by atoms with van der Waals surface area (Å²) in [6, 6.07) is 4.13. The summed E-state index contributed by atoms with van der Waals surface area (Å²) in [5.41, 5.74) is 6.23. The van der Waals surface area contributed by atoms with E-state index in [1.807, 2.05) is 12.1 Å². The van der Waals surface area contributed by atoms with Crippen LogP contribution in [0.25, 0.3) is 0 Å². The summed E-state index contributed by atoms with van der Waals surface area (Å²) in [5, 5.41) is 0. The Hall–Kier alpha value is -0.840. The first-order valence-electron chi connectivity index (χ1n) is 7.29. The molecule has 1 aliphatic carbocycles. The summed E-state index contributed by atoms with van der Waals surface area (Å²) in [4.78, 5) is 2.24. The van der Waals surface area contributed by atoms with Crippen molar-refractivity contribution in [1.82, 2.24) is 4.90 Å². The van der Waals surface area contributed by atoms with Gasteiger partial charge in [0.15, 0.2) is 0 Å². The zero-order chi connectivity index (χ0) is 13.7. The van der Waals surface area contributed by atoms with Gasteiger partial charge in [0.05, 0.1) is 18.9 Å². The molecule has 2 atom stereocenters. The van der Waals surface area contributed by atoms with Gasteiger partial charge in [-0.3, -0.25) is 4.90 Å². The fraction of sp³-hybridized carbons (Fsp3) is 0.733. The standard InChI is InChI=1S/C15H26N2O2/c1-3-13(16)15(14-5-4-9-19-14)17(2)8-10-18-11-12-6-7-12/h4-5,9,12-13,15H,3,6-8,10-11,16H2,1-2H3. The largest absolute Gasteiger partial charge is 0.468 e. The quantitative estimate of drug-likeness (QED) is 0.697. The van der Waals surface area contributed by atoms with E-state index in [0.717, 1.165) is 37.9 Å². The Morgan fingerprint density at radius 2 is 2.32 bits per heavy atom. The molecule has 0 bridgehead atoms. The van der Waals surface area contributed by atoms with Crippen LogP contribution >= 0.6 is 0 Å². The highest BCUT2D eigenvalue weighted by atomic mass is 16.5. The monoisotopic (exact) mass is 266 g/mol. The van der Waals surface area contributed by atoms with Crippen LogP contribution in [0.3, 0.4) is 0 Å². The molecule has 0 radical (unpaired) electrons. The molecule has 0 saturated heterocycles. The van der Waals surface area contributed by atoms with E-state index in [2.05, 4.69) is 18.9 Å². The van der Waals surface area contributed by atoms with Crippen molar-refractivity contribution in [1.29, 1.82) is 0 Å². The van der Waals surface area contributed by atoms with E-state index in [1.54, 1.807) is 6.26 Å². The first kappa shape index (κ1) is 14.6. The van der Waals surface area contributed by atoms with Crippen molar-refractivity contribution in [3.63, 3.8) is 0 Å². The van der Waals surface area contributed by atoms with Crippen molar-refractivity contribution < 1.29 is 9.15 Å². The molecule has 0 amide bonds. The fourth-order valence-corrected chi connectivity index (χ4v) is 2.32. The summed E-state index contributed by atoms with van der Waals surface area (Å²) in [7, 11) is 2.09. The Bertz CT molecular complexity index is 349. The lowest BCUT2D eigenvalue weighted by atomic mass is 10.0. The molecule has 2 unspecified atom stereocenters. The molecule has 1 saturated carbocycles. The fourth-order valence-electron chi connectivity index (χ4n) is 2.32. The molecule has 108 valence electrons. The Kier molecular flexibility index (Phi) is 5.43. The molecule has 2 N–H and O–H groups in total. The smallest absolute Gasteiger partial charge is 0.122 e. The lowest BCUT2D eigenvalue weighted by Gasteiger charge is -2.30. The van der Waals surface area contributed by atoms with Crippen LogP contribution in [0.2, 0.25) is 0 Å². The third kappa shape index (κ3) is 4.34.